The third-order valence-corrected chi connectivity index (χ3v) is 8.02. The van der Waals surface area contributed by atoms with E-state index in [9.17, 15) is 21.6 Å². The van der Waals surface area contributed by atoms with E-state index in [2.05, 4.69) is 9.46 Å². The van der Waals surface area contributed by atoms with Crippen molar-refractivity contribution in [2.24, 2.45) is 11.8 Å². The molecule has 7 nitrogen and oxygen atoms in total. The van der Waals surface area contributed by atoms with Crippen LogP contribution in [-0.2, 0) is 29.4 Å². The first-order valence-corrected chi connectivity index (χ1v) is 10.4. The molecule has 0 aromatic carbocycles. The van der Waals surface area contributed by atoms with E-state index in [0.717, 1.165) is 0 Å². The number of methoxy groups -OCH3 is 1. The van der Waals surface area contributed by atoms with Gasteiger partial charge in [-0.2, -0.15) is 0 Å². The molecular formula is C12H21NO6S2. The maximum atomic E-state index is 12.3. The van der Waals surface area contributed by atoms with Crippen LogP contribution in [0.1, 0.15) is 25.7 Å². The Labute approximate surface area is 125 Å². The fourth-order valence-electron chi connectivity index (χ4n) is 3.09. The highest BCUT2D eigenvalue weighted by molar-refractivity contribution is 7.91. The van der Waals surface area contributed by atoms with Crippen LogP contribution in [0.3, 0.4) is 0 Å². The van der Waals surface area contributed by atoms with Gasteiger partial charge >= 0.3 is 5.97 Å². The summed E-state index contributed by atoms with van der Waals surface area (Å²) in [6, 6.07) is 0. The van der Waals surface area contributed by atoms with Gasteiger partial charge in [-0.15, -0.1) is 0 Å². The van der Waals surface area contributed by atoms with Gasteiger partial charge in [0.15, 0.2) is 9.84 Å². The second kappa shape index (κ2) is 6.21. The van der Waals surface area contributed by atoms with Gasteiger partial charge in [-0.25, -0.2) is 21.6 Å². The van der Waals surface area contributed by atoms with E-state index in [1.54, 1.807) is 0 Å². The first kappa shape index (κ1) is 16.7. The zero-order valence-electron chi connectivity index (χ0n) is 11.9. The molecule has 1 N–H and O–H groups in total. The summed E-state index contributed by atoms with van der Waals surface area (Å²) in [5.41, 5.74) is 0. The third-order valence-electron chi connectivity index (χ3n) is 4.25. The van der Waals surface area contributed by atoms with Crippen molar-refractivity contribution in [3.63, 3.8) is 0 Å². The number of carbonyl (C=O) groups excluding carboxylic acids is 1. The van der Waals surface area contributed by atoms with E-state index >= 15 is 0 Å². The Hall–Kier alpha value is -0.670. The molecule has 1 aliphatic heterocycles. The molecule has 2 rings (SSSR count). The smallest absolute Gasteiger partial charge is 0.310 e. The summed E-state index contributed by atoms with van der Waals surface area (Å²) in [7, 11) is -5.40. The van der Waals surface area contributed by atoms with Crippen molar-refractivity contribution < 1.29 is 26.4 Å². The lowest BCUT2D eigenvalue weighted by Crippen LogP contribution is -2.41. The Morgan fingerprint density at radius 3 is 2.57 bits per heavy atom. The first-order chi connectivity index (χ1) is 9.75. The van der Waals surface area contributed by atoms with Gasteiger partial charge in [-0.1, -0.05) is 6.42 Å². The molecule has 0 bridgehead atoms. The van der Waals surface area contributed by atoms with Crippen LogP contribution >= 0.6 is 0 Å². The van der Waals surface area contributed by atoms with Crippen molar-refractivity contribution in [3.05, 3.63) is 0 Å². The van der Waals surface area contributed by atoms with E-state index in [0.29, 0.717) is 25.7 Å². The molecule has 3 atom stereocenters. The standard InChI is InChI=1S/C12H21NO6S2/c1-19-12(14)10-3-2-4-11(10)21(17,18)13-7-9-5-6-20(15,16)8-9/h9-11,13H,2-8H2,1H3. The normalized spacial score (nSPS) is 32.1. The highest BCUT2D eigenvalue weighted by Crippen LogP contribution is 2.31. The summed E-state index contributed by atoms with van der Waals surface area (Å²) in [6.45, 7) is 0.117. The summed E-state index contributed by atoms with van der Waals surface area (Å²) < 4.78 is 54.5. The Balaban J connectivity index is 1.97. The van der Waals surface area contributed by atoms with Crippen LogP contribution in [0.5, 0.6) is 0 Å². The quantitative estimate of drug-likeness (QED) is 0.688. The minimum Gasteiger partial charge on any atom is -0.469 e. The highest BCUT2D eigenvalue weighted by atomic mass is 32.2. The highest BCUT2D eigenvalue weighted by Gasteiger charge is 2.42. The second-order valence-electron chi connectivity index (χ2n) is 5.76. The Kier molecular flexibility index (Phi) is 4.94. The predicted octanol–water partition coefficient (Wildman–Crippen LogP) is -0.318. The lowest BCUT2D eigenvalue weighted by Gasteiger charge is -2.19. The topological polar surface area (TPSA) is 107 Å². The second-order valence-corrected chi connectivity index (χ2v) is 9.97. The molecule has 1 saturated heterocycles. The lowest BCUT2D eigenvalue weighted by atomic mass is 10.1. The van der Waals surface area contributed by atoms with Gasteiger partial charge in [0.2, 0.25) is 10.0 Å². The minimum atomic E-state index is -3.63. The molecule has 1 saturated carbocycles. The van der Waals surface area contributed by atoms with Gasteiger partial charge in [0, 0.05) is 6.54 Å². The van der Waals surface area contributed by atoms with Crippen LogP contribution in [0.25, 0.3) is 0 Å². The lowest BCUT2D eigenvalue weighted by molar-refractivity contribution is -0.145. The van der Waals surface area contributed by atoms with Crippen molar-refractivity contribution in [2.75, 3.05) is 25.2 Å². The van der Waals surface area contributed by atoms with Gasteiger partial charge < -0.3 is 4.74 Å². The fourth-order valence-corrected chi connectivity index (χ4v) is 6.79. The first-order valence-electron chi connectivity index (χ1n) is 7.02. The van der Waals surface area contributed by atoms with E-state index in [1.165, 1.54) is 7.11 Å². The molecule has 2 fully saturated rings. The van der Waals surface area contributed by atoms with Crippen molar-refractivity contribution in [2.45, 2.75) is 30.9 Å². The third kappa shape index (κ3) is 3.95. The summed E-state index contributed by atoms with van der Waals surface area (Å²) in [4.78, 5) is 11.6. The number of esters is 1. The predicted molar refractivity (Wildman–Crippen MR) is 76.8 cm³/mol. The molecule has 1 aliphatic carbocycles. The van der Waals surface area contributed by atoms with Crippen LogP contribution in [0.2, 0.25) is 0 Å². The van der Waals surface area contributed by atoms with Gasteiger partial charge in [0.05, 0.1) is 29.8 Å². The molecule has 0 aromatic heterocycles. The number of nitrogens with one attached hydrogen (secondary N) is 1. The number of hydrogen-bond donors (Lipinski definition) is 1. The Morgan fingerprint density at radius 2 is 2.00 bits per heavy atom. The molecule has 122 valence electrons. The van der Waals surface area contributed by atoms with Gasteiger partial charge in [0.25, 0.3) is 0 Å². The summed E-state index contributed by atoms with van der Waals surface area (Å²) in [5, 5.41) is -0.775. The van der Waals surface area contributed by atoms with Crippen molar-refractivity contribution >= 4 is 25.8 Å². The average Bonchev–Trinajstić information content (AvgIpc) is 3.02. The van der Waals surface area contributed by atoms with Gasteiger partial charge in [-0.05, 0) is 25.2 Å². The number of ether oxygens (including phenoxy) is 1. The SMILES string of the molecule is COC(=O)C1CCCC1S(=O)(=O)NCC1CCS(=O)(=O)C1. The van der Waals surface area contributed by atoms with E-state index in [4.69, 9.17) is 0 Å². The van der Waals surface area contributed by atoms with Crippen LogP contribution in [0, 0.1) is 11.8 Å². The van der Waals surface area contributed by atoms with Crippen LogP contribution < -0.4 is 4.72 Å². The summed E-state index contributed by atoms with van der Waals surface area (Å²) in [5.74, 6) is -1.15. The Bertz CT molecular complexity index is 597. The average molecular weight is 339 g/mol. The summed E-state index contributed by atoms with van der Waals surface area (Å²) >= 11 is 0. The van der Waals surface area contributed by atoms with E-state index in [1.807, 2.05) is 0 Å². The number of carbonyl (C=O) groups is 1. The molecule has 0 aromatic rings. The number of hydrogen-bond acceptors (Lipinski definition) is 6. The van der Waals surface area contributed by atoms with Gasteiger partial charge in [0.1, 0.15) is 0 Å². The molecular weight excluding hydrogens is 318 g/mol. The van der Waals surface area contributed by atoms with E-state index < -0.39 is 37.0 Å². The summed E-state index contributed by atoms with van der Waals surface area (Å²) in [6.07, 6.45) is 2.09. The maximum Gasteiger partial charge on any atom is 0.310 e. The molecule has 9 heteroatoms. The number of sulfone groups is 1. The molecule has 1 heterocycles. The largest absolute Gasteiger partial charge is 0.469 e. The molecule has 21 heavy (non-hydrogen) atoms. The van der Waals surface area contributed by atoms with Crippen LogP contribution in [-0.4, -0.2) is 53.2 Å². The minimum absolute atomic E-state index is 0.0284. The monoisotopic (exact) mass is 339 g/mol. The zero-order valence-corrected chi connectivity index (χ0v) is 13.6. The van der Waals surface area contributed by atoms with Crippen LogP contribution in [0.15, 0.2) is 0 Å². The van der Waals surface area contributed by atoms with Crippen molar-refractivity contribution in [1.29, 1.82) is 0 Å². The molecule has 0 amide bonds. The molecule has 3 unspecified atom stereocenters. The van der Waals surface area contributed by atoms with Crippen molar-refractivity contribution in [1.82, 2.24) is 4.72 Å². The van der Waals surface area contributed by atoms with Gasteiger partial charge in [-0.3, -0.25) is 4.79 Å². The van der Waals surface area contributed by atoms with E-state index in [-0.39, 0.29) is 24.0 Å². The molecule has 2 aliphatic rings. The Morgan fingerprint density at radius 1 is 1.29 bits per heavy atom. The molecule has 0 spiro atoms. The number of rotatable bonds is 5. The number of sulfonamides is 1. The molecule has 0 radical (unpaired) electrons. The fraction of sp³-hybridized carbons (Fsp3) is 0.917. The maximum absolute atomic E-state index is 12.3. The van der Waals surface area contributed by atoms with Crippen LogP contribution in [0.4, 0.5) is 0 Å². The van der Waals surface area contributed by atoms with Crippen molar-refractivity contribution in [3.8, 4) is 0 Å². The zero-order chi connectivity index (χ0) is 15.7.